The first kappa shape index (κ1) is 50.6. The molecule has 0 unspecified atom stereocenters. The van der Waals surface area contributed by atoms with Crippen LogP contribution in [0.2, 0.25) is 0 Å². The van der Waals surface area contributed by atoms with E-state index in [4.69, 9.17) is 37.9 Å². The van der Waals surface area contributed by atoms with E-state index in [-0.39, 0.29) is 0 Å². The maximum absolute atomic E-state index is 6.44. The number of ether oxygens (including phenoxy) is 8. The number of hydrogen-bond donors (Lipinski definition) is 0. The van der Waals surface area contributed by atoms with E-state index in [0.29, 0.717) is 79.3 Å². The highest BCUT2D eigenvalue weighted by Gasteiger charge is 2.14. The lowest BCUT2D eigenvalue weighted by molar-refractivity contribution is 0.0177. The number of hydrogen-bond acceptors (Lipinski definition) is 13. The molecule has 0 bridgehead atoms. The van der Waals surface area contributed by atoms with Crippen LogP contribution in [0.3, 0.4) is 0 Å². The number of likely N-dealkylation sites (N-methyl/N-ethyl adjacent to an activating group) is 3. The molecule has 1 saturated heterocycles. The first-order valence-corrected chi connectivity index (χ1v) is 22.0. The van der Waals surface area contributed by atoms with Gasteiger partial charge in [-0.1, -0.05) is 48.6 Å². The van der Waals surface area contributed by atoms with Crippen LogP contribution in [-0.4, -0.2) is 196 Å². The molecule has 1 heterocycles. The Morgan fingerprint density at radius 1 is 0.452 bits per heavy atom. The van der Waals surface area contributed by atoms with Crippen molar-refractivity contribution in [1.29, 1.82) is 0 Å². The summed E-state index contributed by atoms with van der Waals surface area (Å²) in [7, 11) is 14.1. The third-order valence-corrected chi connectivity index (χ3v) is 10.5. The van der Waals surface area contributed by atoms with Gasteiger partial charge in [0.05, 0.1) is 66.1 Å². The number of anilines is 2. The van der Waals surface area contributed by atoms with E-state index in [1.165, 1.54) is 5.69 Å². The van der Waals surface area contributed by atoms with E-state index in [9.17, 15) is 0 Å². The third-order valence-electron chi connectivity index (χ3n) is 10.5. The quantitative estimate of drug-likeness (QED) is 0.0718. The highest BCUT2D eigenvalue weighted by Crippen LogP contribution is 2.33. The number of methoxy groups -OCH3 is 2. The summed E-state index contributed by atoms with van der Waals surface area (Å²) in [5, 5.41) is 0. The molecule has 4 rings (SSSR count). The molecular formula is C49H75N5O8. The molecule has 62 heavy (non-hydrogen) atoms. The molecule has 3 aromatic rings. The topological polar surface area (TPSA) is 90.0 Å². The minimum Gasteiger partial charge on any atom is -0.491 e. The van der Waals surface area contributed by atoms with Gasteiger partial charge in [0, 0.05) is 103 Å². The van der Waals surface area contributed by atoms with Crippen LogP contribution >= 0.6 is 0 Å². The van der Waals surface area contributed by atoms with Gasteiger partial charge in [-0.25, -0.2) is 0 Å². The molecule has 3 aromatic carbocycles. The molecule has 1 fully saturated rings. The summed E-state index contributed by atoms with van der Waals surface area (Å²) in [4.78, 5) is 11.9. The fraction of sp³-hybridized carbons (Fsp3) is 0.551. The summed E-state index contributed by atoms with van der Waals surface area (Å²) in [5.41, 5.74) is 6.34. The Hall–Kier alpha value is -4.02. The Kier molecular flexibility index (Phi) is 24.6. The van der Waals surface area contributed by atoms with Crippen molar-refractivity contribution in [2.45, 2.75) is 0 Å². The van der Waals surface area contributed by atoms with Crippen molar-refractivity contribution >= 4 is 35.7 Å². The van der Waals surface area contributed by atoms with Gasteiger partial charge in [0.25, 0.3) is 0 Å². The van der Waals surface area contributed by atoms with Gasteiger partial charge in [-0.2, -0.15) is 0 Å². The Morgan fingerprint density at radius 3 is 1.19 bits per heavy atom. The average molecular weight is 862 g/mol. The van der Waals surface area contributed by atoms with Gasteiger partial charge in [-0.15, -0.1) is 0 Å². The summed E-state index contributed by atoms with van der Waals surface area (Å²) in [6.45, 7) is 14.0. The highest BCUT2D eigenvalue weighted by atomic mass is 16.6. The molecule has 1 aliphatic rings. The van der Waals surface area contributed by atoms with Crippen molar-refractivity contribution in [2.75, 3.05) is 191 Å². The summed E-state index contributed by atoms with van der Waals surface area (Å²) in [6.07, 6.45) is 8.39. The molecule has 0 amide bonds. The SMILES string of the molecule is COCCOCCOCCOc1cc(/C=C/c2ccc(N3CCN(C)CCN(C)CCN(C)CC3)cc2)c(OCCOCCOCCOC)cc1/C=C/c1ccc(N(C)C)cc1. The summed E-state index contributed by atoms with van der Waals surface area (Å²) in [6, 6.07) is 21.4. The molecule has 0 N–H and O–H groups in total. The van der Waals surface area contributed by atoms with Gasteiger partial charge in [-0.3, -0.25) is 0 Å². The zero-order chi connectivity index (χ0) is 44.2. The van der Waals surface area contributed by atoms with E-state index < -0.39 is 0 Å². The van der Waals surface area contributed by atoms with E-state index in [1.807, 2.05) is 20.2 Å². The standard InChI is InChI=1S/C49H75N5O8/c1-50(2)46-16-10-42(11-17-46)8-14-44-40-49(62-39-37-60-35-33-58-31-29-56-7)45(41-48(44)61-38-36-59-34-32-57-30-28-55-6)15-9-43-12-18-47(19-13-43)54-26-24-52(4)22-20-51(3)21-23-53(5)25-27-54/h8-19,40-41H,20-39H2,1-7H3/b14-8+,15-9+. The lowest BCUT2D eigenvalue weighted by Crippen LogP contribution is -2.43. The van der Waals surface area contributed by atoms with Crippen LogP contribution in [0, 0.1) is 0 Å². The van der Waals surface area contributed by atoms with Crippen molar-refractivity contribution in [2.24, 2.45) is 0 Å². The van der Waals surface area contributed by atoms with Crippen molar-refractivity contribution in [1.82, 2.24) is 14.7 Å². The maximum Gasteiger partial charge on any atom is 0.127 e. The smallest absolute Gasteiger partial charge is 0.127 e. The second kappa shape index (κ2) is 30.1. The molecule has 0 spiro atoms. The first-order chi connectivity index (χ1) is 30.2. The largest absolute Gasteiger partial charge is 0.491 e. The average Bonchev–Trinajstić information content (AvgIpc) is 3.28. The van der Waals surface area contributed by atoms with Crippen LogP contribution in [0.4, 0.5) is 11.4 Å². The zero-order valence-electron chi connectivity index (χ0n) is 38.7. The molecule has 0 saturated carbocycles. The lowest BCUT2D eigenvalue weighted by Gasteiger charge is -2.32. The van der Waals surface area contributed by atoms with Gasteiger partial charge in [0.1, 0.15) is 24.7 Å². The molecule has 0 aromatic heterocycles. The first-order valence-electron chi connectivity index (χ1n) is 22.0. The summed E-state index contributed by atoms with van der Waals surface area (Å²) < 4.78 is 45.7. The molecular weight excluding hydrogens is 787 g/mol. The van der Waals surface area contributed by atoms with Crippen molar-refractivity contribution < 1.29 is 37.9 Å². The van der Waals surface area contributed by atoms with E-state index in [1.54, 1.807) is 14.2 Å². The predicted octanol–water partition coefficient (Wildman–Crippen LogP) is 5.83. The maximum atomic E-state index is 6.44. The second-order valence-corrected chi connectivity index (χ2v) is 15.7. The molecule has 13 nitrogen and oxygen atoms in total. The Morgan fingerprint density at radius 2 is 0.806 bits per heavy atom. The zero-order valence-corrected chi connectivity index (χ0v) is 38.7. The fourth-order valence-electron chi connectivity index (χ4n) is 6.47. The van der Waals surface area contributed by atoms with Crippen molar-refractivity contribution in [3.63, 3.8) is 0 Å². The van der Waals surface area contributed by atoms with Crippen LogP contribution in [0.5, 0.6) is 11.5 Å². The Bertz CT molecular complexity index is 1670. The second-order valence-electron chi connectivity index (χ2n) is 15.7. The van der Waals surface area contributed by atoms with Gasteiger partial charge >= 0.3 is 0 Å². The Labute approximate surface area is 372 Å². The monoisotopic (exact) mass is 862 g/mol. The van der Waals surface area contributed by atoms with E-state index >= 15 is 0 Å². The van der Waals surface area contributed by atoms with Crippen LogP contribution in [0.15, 0.2) is 60.7 Å². The van der Waals surface area contributed by atoms with Crippen LogP contribution in [-0.2, 0) is 28.4 Å². The molecule has 1 aliphatic heterocycles. The van der Waals surface area contributed by atoms with Gasteiger partial charge in [0.2, 0.25) is 0 Å². The number of rotatable bonds is 26. The minimum atomic E-state index is 0.375. The van der Waals surface area contributed by atoms with Crippen LogP contribution in [0.25, 0.3) is 24.3 Å². The van der Waals surface area contributed by atoms with Crippen molar-refractivity contribution in [3.8, 4) is 11.5 Å². The summed E-state index contributed by atoms with van der Waals surface area (Å²) in [5.74, 6) is 1.46. The molecule has 0 atom stereocenters. The third kappa shape index (κ3) is 20.0. The molecule has 344 valence electrons. The molecule has 13 heteroatoms. The van der Waals surface area contributed by atoms with Gasteiger partial charge < -0.3 is 62.4 Å². The normalized spacial score (nSPS) is 15.3. The summed E-state index contributed by atoms with van der Waals surface area (Å²) >= 11 is 0. The van der Waals surface area contributed by atoms with Gasteiger partial charge in [-0.05, 0) is 68.7 Å². The minimum absolute atomic E-state index is 0.375. The van der Waals surface area contributed by atoms with E-state index in [0.717, 1.165) is 91.8 Å². The van der Waals surface area contributed by atoms with Crippen LogP contribution in [0.1, 0.15) is 22.3 Å². The van der Waals surface area contributed by atoms with Gasteiger partial charge in [0.15, 0.2) is 0 Å². The Balaban J connectivity index is 1.55. The predicted molar refractivity (Wildman–Crippen MR) is 254 cm³/mol. The number of nitrogens with zero attached hydrogens (tertiary/aromatic N) is 5. The van der Waals surface area contributed by atoms with E-state index in [2.05, 4.69) is 125 Å². The molecule has 0 aliphatic carbocycles. The fourth-order valence-corrected chi connectivity index (χ4v) is 6.47. The van der Waals surface area contributed by atoms with Crippen molar-refractivity contribution in [3.05, 3.63) is 82.9 Å². The number of benzene rings is 3. The lowest BCUT2D eigenvalue weighted by atomic mass is 10.0. The highest BCUT2D eigenvalue weighted by molar-refractivity contribution is 5.79. The molecule has 0 radical (unpaired) electrons. The van der Waals surface area contributed by atoms with Crippen LogP contribution < -0.4 is 19.3 Å².